The van der Waals surface area contributed by atoms with Crippen LogP contribution in [0.3, 0.4) is 0 Å². The first kappa shape index (κ1) is 23.3. The van der Waals surface area contributed by atoms with Gasteiger partial charge in [0.2, 0.25) is 5.91 Å². The van der Waals surface area contributed by atoms with Crippen molar-refractivity contribution in [3.63, 3.8) is 0 Å². The fourth-order valence-electron chi connectivity index (χ4n) is 5.32. The first-order chi connectivity index (χ1) is 16.3. The third-order valence-corrected chi connectivity index (χ3v) is 8.50. The molecule has 3 amide bonds. The smallest absolute Gasteiger partial charge is 0.320 e. The minimum absolute atomic E-state index is 0.0156. The van der Waals surface area contributed by atoms with Crippen molar-refractivity contribution in [2.75, 3.05) is 39.4 Å². The van der Waals surface area contributed by atoms with Crippen molar-refractivity contribution in [2.24, 2.45) is 10.3 Å². The van der Waals surface area contributed by atoms with Gasteiger partial charge in [-0.15, -0.1) is 0 Å². The molecule has 10 nitrogen and oxygen atoms in total. The number of nitrogens with one attached hydrogen (secondary N) is 1. The van der Waals surface area contributed by atoms with E-state index in [1.807, 2.05) is 4.90 Å². The highest BCUT2D eigenvalue weighted by Crippen LogP contribution is 2.38. The Morgan fingerprint density at radius 2 is 1.91 bits per heavy atom. The van der Waals surface area contributed by atoms with Crippen molar-refractivity contribution in [3.8, 4) is 0 Å². The Hall–Kier alpha value is -2.50. The lowest BCUT2D eigenvalue weighted by Crippen LogP contribution is -2.63. The van der Waals surface area contributed by atoms with E-state index in [0.717, 1.165) is 0 Å². The Balaban J connectivity index is 1.13. The van der Waals surface area contributed by atoms with Crippen LogP contribution in [0.15, 0.2) is 39.6 Å². The van der Waals surface area contributed by atoms with E-state index in [2.05, 4.69) is 9.71 Å². The number of hydrogen-bond donors (Lipinski definition) is 1. The number of carbonyl (C=O) groups excluding carboxylic acids is 2. The lowest BCUT2D eigenvalue weighted by atomic mass is 9.86. The van der Waals surface area contributed by atoms with Crippen LogP contribution >= 0.6 is 0 Å². The molecule has 11 heteroatoms. The van der Waals surface area contributed by atoms with Gasteiger partial charge in [-0.3, -0.25) is 4.79 Å². The SMILES string of the molecule is O=C1CO[C@H]2CCN(C(=O)N3CCC4(CC3)CC(C=NS(=O)(=O)c3ccccc3)CO4)C[C@H]2N1. The molecule has 5 rings (SSSR count). The lowest BCUT2D eigenvalue weighted by Gasteiger charge is -2.44. The van der Waals surface area contributed by atoms with Gasteiger partial charge >= 0.3 is 6.03 Å². The summed E-state index contributed by atoms with van der Waals surface area (Å²) in [5.41, 5.74) is -0.345. The molecule has 4 aliphatic rings. The van der Waals surface area contributed by atoms with E-state index in [4.69, 9.17) is 9.47 Å². The number of benzene rings is 1. The Bertz CT molecular complexity index is 1050. The molecule has 4 fully saturated rings. The van der Waals surface area contributed by atoms with Gasteiger partial charge in [0.1, 0.15) is 6.61 Å². The van der Waals surface area contributed by atoms with Crippen molar-refractivity contribution in [1.29, 1.82) is 0 Å². The number of rotatable bonds is 3. The van der Waals surface area contributed by atoms with Gasteiger partial charge in [0.05, 0.1) is 29.2 Å². The van der Waals surface area contributed by atoms with Crippen molar-refractivity contribution in [1.82, 2.24) is 15.1 Å². The number of morpholine rings is 1. The molecular weight excluding hydrogens is 460 g/mol. The number of urea groups is 1. The fraction of sp³-hybridized carbons (Fsp3) is 0.609. The standard InChI is InChI=1S/C23H30N4O6S/c28-21-16-32-20-6-9-27(14-19(20)25-21)22(29)26-10-7-23(8-11-26)12-17(15-33-23)13-24-34(30,31)18-4-2-1-3-5-18/h1-5,13,17,19-20H,6-12,14-16H2,(H,25,28)/t17?,19-,20+/m1/s1. The van der Waals surface area contributed by atoms with Crippen molar-refractivity contribution in [2.45, 2.75) is 48.3 Å². The predicted octanol–water partition coefficient (Wildman–Crippen LogP) is 1.03. The van der Waals surface area contributed by atoms with Crippen molar-refractivity contribution >= 4 is 28.2 Å². The van der Waals surface area contributed by atoms with Crippen LogP contribution < -0.4 is 5.32 Å². The Morgan fingerprint density at radius 3 is 2.68 bits per heavy atom. The number of hydrogen-bond acceptors (Lipinski definition) is 6. The molecule has 1 aromatic rings. The third-order valence-electron chi connectivity index (χ3n) is 7.23. The summed E-state index contributed by atoms with van der Waals surface area (Å²) in [5, 5.41) is 2.93. The van der Waals surface area contributed by atoms with Crippen molar-refractivity contribution < 1.29 is 27.5 Å². The molecule has 0 bridgehead atoms. The molecule has 34 heavy (non-hydrogen) atoms. The molecule has 1 spiro atoms. The first-order valence-electron chi connectivity index (χ1n) is 11.8. The molecule has 0 aliphatic carbocycles. The maximum absolute atomic E-state index is 13.1. The molecule has 184 valence electrons. The maximum Gasteiger partial charge on any atom is 0.320 e. The van der Waals surface area contributed by atoms with Crippen molar-refractivity contribution in [3.05, 3.63) is 30.3 Å². The number of likely N-dealkylation sites (tertiary alicyclic amines) is 2. The summed E-state index contributed by atoms with van der Waals surface area (Å²) < 4.78 is 40.4. The Labute approximate surface area is 199 Å². The van der Waals surface area contributed by atoms with E-state index in [9.17, 15) is 18.0 Å². The molecule has 4 saturated heterocycles. The molecule has 4 heterocycles. The molecule has 1 unspecified atom stereocenters. The van der Waals surface area contributed by atoms with E-state index in [-0.39, 0.29) is 47.1 Å². The zero-order chi connectivity index (χ0) is 23.8. The summed E-state index contributed by atoms with van der Waals surface area (Å²) >= 11 is 0. The van der Waals surface area contributed by atoms with Crippen LogP contribution in [-0.2, 0) is 24.3 Å². The van der Waals surface area contributed by atoms with Crippen LogP contribution in [0.25, 0.3) is 0 Å². The fourth-order valence-corrected chi connectivity index (χ4v) is 6.28. The second kappa shape index (κ2) is 9.27. The molecule has 4 aliphatic heterocycles. The number of fused-ring (bicyclic) bond motifs is 1. The summed E-state index contributed by atoms with van der Waals surface area (Å²) in [6.45, 7) is 2.75. The molecular formula is C23H30N4O6S. The monoisotopic (exact) mass is 490 g/mol. The molecule has 0 radical (unpaired) electrons. The second-order valence-electron chi connectivity index (χ2n) is 9.53. The average molecular weight is 491 g/mol. The highest BCUT2D eigenvalue weighted by molar-refractivity contribution is 7.90. The minimum atomic E-state index is -3.71. The molecule has 0 saturated carbocycles. The first-order valence-corrected chi connectivity index (χ1v) is 13.2. The summed E-state index contributed by atoms with van der Waals surface area (Å²) in [5.74, 6) is -0.210. The molecule has 1 aromatic carbocycles. The Kier molecular flexibility index (Phi) is 6.34. The second-order valence-corrected chi connectivity index (χ2v) is 11.2. The normalized spacial score (nSPS) is 29.3. The minimum Gasteiger partial charge on any atom is -0.374 e. The topological polar surface area (TPSA) is 118 Å². The summed E-state index contributed by atoms with van der Waals surface area (Å²) in [6, 6.07) is 8.00. The number of ether oxygens (including phenoxy) is 2. The van der Waals surface area contributed by atoms with E-state index in [1.165, 1.54) is 18.3 Å². The highest BCUT2D eigenvalue weighted by atomic mass is 32.2. The summed E-state index contributed by atoms with van der Waals surface area (Å²) in [4.78, 5) is 28.6. The van der Waals surface area contributed by atoms with Gasteiger partial charge < -0.3 is 24.6 Å². The average Bonchev–Trinajstić information content (AvgIpc) is 3.25. The van der Waals surface area contributed by atoms with Crippen LogP contribution in [0, 0.1) is 5.92 Å². The van der Waals surface area contributed by atoms with Gasteiger partial charge in [-0.05, 0) is 37.8 Å². The van der Waals surface area contributed by atoms with E-state index >= 15 is 0 Å². The number of amides is 3. The molecule has 3 atom stereocenters. The maximum atomic E-state index is 13.1. The van der Waals surface area contributed by atoms with E-state index in [1.54, 1.807) is 23.1 Å². The number of piperidine rings is 2. The highest BCUT2D eigenvalue weighted by Gasteiger charge is 2.44. The van der Waals surface area contributed by atoms with Gasteiger partial charge in [-0.25, -0.2) is 4.79 Å². The summed E-state index contributed by atoms with van der Waals surface area (Å²) in [7, 11) is -3.71. The molecule has 0 aromatic heterocycles. The van der Waals surface area contributed by atoms with Gasteiger partial charge in [0, 0.05) is 38.3 Å². The van der Waals surface area contributed by atoms with Gasteiger partial charge in [-0.1, -0.05) is 18.2 Å². The van der Waals surface area contributed by atoms with Crippen LogP contribution in [0.2, 0.25) is 0 Å². The summed E-state index contributed by atoms with van der Waals surface area (Å²) in [6.07, 6.45) is 4.29. The Morgan fingerprint density at radius 1 is 1.15 bits per heavy atom. The van der Waals surface area contributed by atoms with Gasteiger partial charge in [0.15, 0.2) is 0 Å². The van der Waals surface area contributed by atoms with Gasteiger partial charge in [0.25, 0.3) is 10.0 Å². The zero-order valence-corrected chi connectivity index (χ0v) is 19.8. The number of nitrogens with zero attached hydrogens (tertiary/aromatic N) is 3. The number of sulfonamides is 1. The molecule has 1 N–H and O–H groups in total. The van der Waals surface area contributed by atoms with Crippen LogP contribution in [0.5, 0.6) is 0 Å². The van der Waals surface area contributed by atoms with Crippen LogP contribution in [-0.4, -0.2) is 93.5 Å². The largest absolute Gasteiger partial charge is 0.374 e. The van der Waals surface area contributed by atoms with Gasteiger partial charge in [-0.2, -0.15) is 12.8 Å². The lowest BCUT2D eigenvalue weighted by molar-refractivity contribution is -0.139. The van der Waals surface area contributed by atoms with Crippen LogP contribution in [0.4, 0.5) is 4.79 Å². The van der Waals surface area contributed by atoms with E-state index in [0.29, 0.717) is 58.5 Å². The predicted molar refractivity (Wildman–Crippen MR) is 123 cm³/mol. The quantitative estimate of drug-likeness (QED) is 0.633. The third kappa shape index (κ3) is 4.82. The number of carbonyl (C=O) groups is 2. The van der Waals surface area contributed by atoms with Crippen LogP contribution in [0.1, 0.15) is 25.7 Å². The zero-order valence-electron chi connectivity index (χ0n) is 19.0. The van der Waals surface area contributed by atoms with E-state index < -0.39 is 10.0 Å².